The maximum atomic E-state index is 6.84. The summed E-state index contributed by atoms with van der Waals surface area (Å²) in [7, 11) is 0. The lowest BCUT2D eigenvalue weighted by Gasteiger charge is -2.35. The number of nitrogens with zero attached hydrogens (tertiary/aromatic N) is 4. The van der Waals surface area contributed by atoms with Gasteiger partial charge in [-0.1, -0.05) is 98.2 Å². The van der Waals surface area contributed by atoms with Gasteiger partial charge in [0.25, 0.3) is 0 Å². The summed E-state index contributed by atoms with van der Waals surface area (Å²) in [6, 6.07) is 26.6. The van der Waals surface area contributed by atoms with Crippen molar-refractivity contribution >= 4 is 11.6 Å². The number of rotatable bonds is 5. The quantitative estimate of drug-likeness (QED) is 0.408. The van der Waals surface area contributed by atoms with Crippen LogP contribution in [-0.4, -0.2) is 20.2 Å². The molecule has 5 heteroatoms. The minimum absolute atomic E-state index is 0.168. The predicted octanol–water partition coefficient (Wildman–Crippen LogP) is 5.60. The Bertz CT molecular complexity index is 1060. The number of halogens is 1. The van der Waals surface area contributed by atoms with Gasteiger partial charge < -0.3 is 0 Å². The summed E-state index contributed by atoms with van der Waals surface area (Å²) in [5.41, 5.74) is 3.21. The Kier molecular flexibility index (Phi) is 5.20. The second-order valence-electron chi connectivity index (χ2n) is 7.52. The molecular weight excluding hydrogens is 380 g/mol. The monoisotopic (exact) mass is 402 g/mol. The maximum absolute atomic E-state index is 6.84. The third-order valence-electron chi connectivity index (χ3n) is 5.14. The van der Waals surface area contributed by atoms with Gasteiger partial charge in [-0.05, 0) is 34.9 Å². The van der Waals surface area contributed by atoms with Crippen molar-refractivity contribution in [2.75, 3.05) is 0 Å². The highest BCUT2D eigenvalue weighted by molar-refractivity contribution is 6.31. The number of hydrogen-bond donors (Lipinski definition) is 0. The van der Waals surface area contributed by atoms with E-state index in [2.05, 4.69) is 60.6 Å². The maximum Gasteiger partial charge on any atom is 0.177 e. The van der Waals surface area contributed by atoms with E-state index >= 15 is 0 Å². The Morgan fingerprint density at radius 2 is 1.45 bits per heavy atom. The van der Waals surface area contributed by atoms with Crippen LogP contribution < -0.4 is 0 Å². The van der Waals surface area contributed by atoms with Crippen molar-refractivity contribution in [3.63, 3.8) is 0 Å². The van der Waals surface area contributed by atoms with E-state index in [1.54, 1.807) is 4.80 Å². The first kappa shape index (κ1) is 19.3. The van der Waals surface area contributed by atoms with E-state index in [0.29, 0.717) is 10.8 Å². The van der Waals surface area contributed by atoms with Gasteiger partial charge in [-0.2, -0.15) is 0 Å². The molecule has 4 rings (SSSR count). The van der Waals surface area contributed by atoms with Crippen molar-refractivity contribution in [3.05, 3.63) is 112 Å². The molecule has 0 amide bonds. The first-order valence-corrected chi connectivity index (χ1v) is 10.1. The smallest absolute Gasteiger partial charge is 0.144 e. The highest BCUT2D eigenvalue weighted by atomic mass is 35.5. The molecule has 0 aliphatic rings. The molecule has 0 saturated carbocycles. The van der Waals surface area contributed by atoms with Crippen molar-refractivity contribution in [2.24, 2.45) is 0 Å². The molecule has 0 spiro atoms. The molecule has 0 unspecified atom stereocenters. The van der Waals surface area contributed by atoms with Gasteiger partial charge in [-0.25, -0.2) is 0 Å². The summed E-state index contributed by atoms with van der Waals surface area (Å²) in [6.07, 6.45) is 0. The van der Waals surface area contributed by atoms with E-state index in [1.165, 1.54) is 0 Å². The number of tetrazole rings is 1. The van der Waals surface area contributed by atoms with Crippen LogP contribution in [0.1, 0.15) is 47.8 Å². The summed E-state index contributed by atoms with van der Waals surface area (Å²) in [4.78, 5) is 1.71. The second kappa shape index (κ2) is 7.80. The molecule has 146 valence electrons. The van der Waals surface area contributed by atoms with Crippen molar-refractivity contribution in [1.29, 1.82) is 0 Å². The second-order valence-corrected chi connectivity index (χ2v) is 7.92. The molecule has 1 heterocycles. The zero-order chi connectivity index (χ0) is 20.4. The number of aryl methyl sites for hydroxylation is 1. The molecule has 0 radical (unpaired) electrons. The third-order valence-corrected chi connectivity index (χ3v) is 5.46. The Morgan fingerprint density at radius 1 is 0.862 bits per heavy atom. The molecule has 4 aromatic rings. The van der Waals surface area contributed by atoms with Crippen molar-refractivity contribution in [2.45, 2.75) is 32.2 Å². The Balaban J connectivity index is 2.13. The molecule has 4 nitrogen and oxygen atoms in total. The van der Waals surface area contributed by atoms with E-state index < -0.39 is 5.54 Å². The Hall–Kier alpha value is -2.98. The molecule has 0 bridgehead atoms. The van der Waals surface area contributed by atoms with Crippen LogP contribution >= 0.6 is 11.6 Å². The van der Waals surface area contributed by atoms with Crippen LogP contribution in [0.25, 0.3) is 0 Å². The van der Waals surface area contributed by atoms with E-state index in [9.17, 15) is 0 Å². The normalized spacial score (nSPS) is 11.8. The van der Waals surface area contributed by atoms with Crippen LogP contribution in [0.4, 0.5) is 0 Å². The zero-order valence-corrected chi connectivity index (χ0v) is 17.5. The molecule has 3 aromatic carbocycles. The molecule has 1 aromatic heterocycles. The summed E-state index contributed by atoms with van der Waals surface area (Å²) in [6.45, 7) is 6.16. The van der Waals surface area contributed by atoms with Gasteiger partial charge in [-0.15, -0.1) is 15.0 Å². The highest BCUT2D eigenvalue weighted by Crippen LogP contribution is 2.43. The largest absolute Gasteiger partial charge is 0.177 e. The lowest BCUT2D eigenvalue weighted by molar-refractivity contribution is 0.393. The summed E-state index contributed by atoms with van der Waals surface area (Å²) in [5.74, 6) is 0.867. The number of aromatic nitrogens is 4. The first-order valence-electron chi connectivity index (χ1n) is 9.71. The molecule has 0 aliphatic heterocycles. The summed E-state index contributed by atoms with van der Waals surface area (Å²) in [5, 5.41) is 14.3. The highest BCUT2D eigenvalue weighted by Gasteiger charge is 2.42. The third kappa shape index (κ3) is 3.34. The average molecular weight is 403 g/mol. The molecule has 0 aliphatic carbocycles. The van der Waals surface area contributed by atoms with Crippen molar-refractivity contribution in [3.8, 4) is 0 Å². The zero-order valence-electron chi connectivity index (χ0n) is 16.7. The van der Waals surface area contributed by atoms with E-state index in [0.717, 1.165) is 22.3 Å². The SMILES string of the molecule is Cc1ccc(C(c2ccccc2)(c2ccccc2)n2nnc(C(C)C)n2)c(Cl)c1. The molecule has 0 fully saturated rings. The van der Waals surface area contributed by atoms with Crippen LogP contribution in [-0.2, 0) is 5.54 Å². The van der Waals surface area contributed by atoms with Gasteiger partial charge in [-0.3, -0.25) is 0 Å². The van der Waals surface area contributed by atoms with Gasteiger partial charge in [0, 0.05) is 16.5 Å². The fourth-order valence-corrected chi connectivity index (χ4v) is 4.06. The predicted molar refractivity (Wildman–Crippen MR) is 116 cm³/mol. The van der Waals surface area contributed by atoms with E-state index in [4.69, 9.17) is 16.7 Å². The van der Waals surface area contributed by atoms with Crippen LogP contribution in [0.5, 0.6) is 0 Å². The molecular formula is C24H23ClN4. The lowest BCUT2D eigenvalue weighted by Crippen LogP contribution is -2.40. The van der Waals surface area contributed by atoms with Crippen LogP contribution in [0.3, 0.4) is 0 Å². The fourth-order valence-electron chi connectivity index (χ4n) is 3.69. The van der Waals surface area contributed by atoms with Gasteiger partial charge in [0.2, 0.25) is 0 Å². The average Bonchev–Trinajstić information content (AvgIpc) is 3.22. The summed E-state index contributed by atoms with van der Waals surface area (Å²) < 4.78 is 0. The van der Waals surface area contributed by atoms with Crippen LogP contribution in [0.2, 0.25) is 5.02 Å². The minimum atomic E-state index is -0.840. The Morgan fingerprint density at radius 3 is 1.93 bits per heavy atom. The van der Waals surface area contributed by atoms with Crippen LogP contribution in [0.15, 0.2) is 78.9 Å². The molecule has 0 atom stereocenters. The van der Waals surface area contributed by atoms with E-state index in [1.807, 2.05) is 49.4 Å². The lowest BCUT2D eigenvalue weighted by atomic mass is 9.77. The minimum Gasteiger partial charge on any atom is -0.144 e. The first-order chi connectivity index (χ1) is 14.0. The Labute approximate surface area is 176 Å². The molecule has 0 saturated heterocycles. The number of hydrogen-bond acceptors (Lipinski definition) is 3. The molecule has 29 heavy (non-hydrogen) atoms. The van der Waals surface area contributed by atoms with Crippen molar-refractivity contribution < 1.29 is 0 Å². The van der Waals surface area contributed by atoms with Gasteiger partial charge in [0.1, 0.15) is 0 Å². The van der Waals surface area contributed by atoms with Gasteiger partial charge in [0.05, 0.1) is 0 Å². The standard InChI is InChI=1S/C24H23ClN4/c1-17(2)23-26-28-29(27-23)24(19-10-6-4-7-11-19,20-12-8-5-9-13-20)21-15-14-18(3)16-22(21)25/h4-17H,1-3H3. The fraction of sp³-hybridized carbons (Fsp3) is 0.208. The van der Waals surface area contributed by atoms with Crippen LogP contribution in [0, 0.1) is 6.92 Å². The summed E-state index contributed by atoms with van der Waals surface area (Å²) >= 11 is 6.84. The number of benzene rings is 3. The van der Waals surface area contributed by atoms with Gasteiger partial charge in [0.15, 0.2) is 11.4 Å². The van der Waals surface area contributed by atoms with Crippen molar-refractivity contribution in [1.82, 2.24) is 20.2 Å². The topological polar surface area (TPSA) is 43.6 Å². The van der Waals surface area contributed by atoms with Gasteiger partial charge >= 0.3 is 0 Å². The molecule has 0 N–H and O–H groups in total. The van der Waals surface area contributed by atoms with E-state index in [-0.39, 0.29) is 5.92 Å².